The number of carbonyl (C=O) groups excluding carboxylic acids is 2. The molecule has 9 nitrogen and oxygen atoms in total. The molecule has 1 amide bonds. The van der Waals surface area contributed by atoms with E-state index in [2.05, 4.69) is 11.9 Å². The van der Waals surface area contributed by atoms with Crippen molar-refractivity contribution in [3.8, 4) is 6.07 Å². The van der Waals surface area contributed by atoms with Crippen LogP contribution in [0.5, 0.6) is 0 Å². The van der Waals surface area contributed by atoms with E-state index >= 15 is 0 Å². The molecule has 33 heavy (non-hydrogen) atoms. The molecule has 1 atom stereocenters. The Morgan fingerprint density at radius 3 is 2.94 bits per heavy atom. The highest BCUT2D eigenvalue weighted by Crippen LogP contribution is 2.26. The molecule has 3 rings (SSSR count). The lowest BCUT2D eigenvalue weighted by Crippen LogP contribution is -2.41. The molecule has 0 bridgehead atoms. The van der Waals surface area contributed by atoms with Gasteiger partial charge in [0, 0.05) is 25.8 Å². The number of pyridine rings is 1. The summed E-state index contributed by atoms with van der Waals surface area (Å²) < 4.78 is 6.59. The third-order valence-electron chi connectivity index (χ3n) is 5.47. The highest BCUT2D eigenvalue weighted by Gasteiger charge is 2.30. The third-order valence-corrected chi connectivity index (χ3v) is 5.47. The second-order valence-electron chi connectivity index (χ2n) is 7.74. The summed E-state index contributed by atoms with van der Waals surface area (Å²) in [6.07, 6.45) is 5.76. The highest BCUT2D eigenvalue weighted by molar-refractivity contribution is 6.02. The number of hydrogen-bond acceptors (Lipinski definition) is 7. The molecule has 1 N–H and O–H groups in total. The fourth-order valence-corrected chi connectivity index (χ4v) is 3.84. The number of rotatable bonds is 7. The first kappa shape index (κ1) is 23.7. The molecule has 1 fully saturated rings. The summed E-state index contributed by atoms with van der Waals surface area (Å²) in [4.78, 5) is 44.8. The summed E-state index contributed by atoms with van der Waals surface area (Å²) in [5.74, 6) is -0.902. The van der Waals surface area contributed by atoms with Crippen molar-refractivity contribution in [2.24, 2.45) is 5.92 Å². The number of amides is 1. The van der Waals surface area contributed by atoms with Crippen LogP contribution in [0.3, 0.4) is 0 Å². The van der Waals surface area contributed by atoms with Gasteiger partial charge in [-0.15, -0.1) is 6.58 Å². The van der Waals surface area contributed by atoms with Crippen molar-refractivity contribution < 1.29 is 14.3 Å². The van der Waals surface area contributed by atoms with Gasteiger partial charge in [0.2, 0.25) is 0 Å². The summed E-state index contributed by atoms with van der Waals surface area (Å²) in [6.45, 7) is 8.55. The van der Waals surface area contributed by atoms with Gasteiger partial charge in [-0.1, -0.05) is 12.1 Å². The SMILES string of the molecule is C=CCNC(=O)C(C#N)=Cc1c(N2CCCC(C(=O)OCC)C2)nc2c(C)cccn2c1=O. The van der Waals surface area contributed by atoms with Gasteiger partial charge in [-0.2, -0.15) is 5.26 Å². The highest BCUT2D eigenvalue weighted by atomic mass is 16.5. The summed E-state index contributed by atoms with van der Waals surface area (Å²) in [6, 6.07) is 5.45. The molecule has 0 aromatic carbocycles. The Bertz CT molecular complexity index is 1210. The van der Waals surface area contributed by atoms with E-state index in [-0.39, 0.29) is 29.6 Å². The van der Waals surface area contributed by atoms with Crippen molar-refractivity contribution in [1.82, 2.24) is 14.7 Å². The number of piperidine rings is 1. The van der Waals surface area contributed by atoms with Crippen LogP contribution in [0.15, 0.2) is 41.4 Å². The quantitative estimate of drug-likeness (QED) is 0.297. The molecular weight excluding hydrogens is 422 g/mol. The van der Waals surface area contributed by atoms with Gasteiger partial charge in [-0.25, -0.2) is 4.98 Å². The average Bonchev–Trinajstić information content (AvgIpc) is 2.82. The predicted octanol–water partition coefficient (Wildman–Crippen LogP) is 1.99. The van der Waals surface area contributed by atoms with Crippen LogP contribution < -0.4 is 15.8 Å². The molecule has 2 aromatic heterocycles. The molecular formula is C24H27N5O4. The minimum Gasteiger partial charge on any atom is -0.466 e. The lowest BCUT2D eigenvalue weighted by molar-refractivity contribution is -0.148. The molecule has 0 saturated carbocycles. The molecule has 0 radical (unpaired) electrons. The fraction of sp³-hybridized carbons (Fsp3) is 0.375. The predicted molar refractivity (Wildman–Crippen MR) is 125 cm³/mol. The first-order chi connectivity index (χ1) is 15.9. The number of carbonyl (C=O) groups is 2. The smallest absolute Gasteiger partial charge is 0.310 e. The molecule has 0 spiro atoms. The molecule has 1 aliphatic heterocycles. The second-order valence-corrected chi connectivity index (χ2v) is 7.74. The molecule has 2 aromatic rings. The molecule has 172 valence electrons. The Morgan fingerprint density at radius 2 is 2.24 bits per heavy atom. The average molecular weight is 450 g/mol. The van der Waals surface area contributed by atoms with Crippen molar-refractivity contribution in [2.75, 3.05) is 31.1 Å². The van der Waals surface area contributed by atoms with Gasteiger partial charge in [0.05, 0.1) is 18.1 Å². The number of aromatic nitrogens is 2. The van der Waals surface area contributed by atoms with Gasteiger partial charge in [-0.3, -0.25) is 18.8 Å². The van der Waals surface area contributed by atoms with Crippen molar-refractivity contribution in [2.45, 2.75) is 26.7 Å². The van der Waals surface area contributed by atoms with Crippen LogP contribution in [0.25, 0.3) is 11.7 Å². The number of aryl methyl sites for hydroxylation is 1. The Hall–Kier alpha value is -3.93. The van der Waals surface area contributed by atoms with Crippen LogP contribution in [0.4, 0.5) is 5.82 Å². The largest absolute Gasteiger partial charge is 0.466 e. The Labute approximate surface area is 192 Å². The third kappa shape index (κ3) is 5.12. The molecule has 1 aliphatic rings. The minimum atomic E-state index is -0.611. The number of fused-ring (bicyclic) bond motifs is 1. The Balaban J connectivity index is 2.16. The number of anilines is 1. The molecule has 1 unspecified atom stereocenters. The van der Waals surface area contributed by atoms with Crippen molar-refractivity contribution in [1.29, 1.82) is 5.26 Å². The zero-order valence-electron chi connectivity index (χ0n) is 18.8. The van der Waals surface area contributed by atoms with Gasteiger partial charge in [-0.05, 0) is 44.4 Å². The topological polar surface area (TPSA) is 117 Å². The van der Waals surface area contributed by atoms with Crippen LogP contribution in [-0.2, 0) is 14.3 Å². The van der Waals surface area contributed by atoms with E-state index in [4.69, 9.17) is 9.72 Å². The van der Waals surface area contributed by atoms with Gasteiger partial charge in [0.1, 0.15) is 23.1 Å². The lowest BCUT2D eigenvalue weighted by atomic mass is 9.97. The number of nitrogens with zero attached hydrogens (tertiary/aromatic N) is 4. The van der Waals surface area contributed by atoms with Gasteiger partial charge >= 0.3 is 5.97 Å². The van der Waals surface area contributed by atoms with Crippen LogP contribution in [-0.4, -0.2) is 47.5 Å². The van der Waals surface area contributed by atoms with Crippen LogP contribution in [0.2, 0.25) is 0 Å². The van der Waals surface area contributed by atoms with Crippen molar-refractivity contribution in [3.05, 3.63) is 58.0 Å². The number of nitrogens with one attached hydrogen (secondary N) is 1. The van der Waals surface area contributed by atoms with Crippen LogP contribution >= 0.6 is 0 Å². The Morgan fingerprint density at radius 1 is 1.45 bits per heavy atom. The number of esters is 1. The van der Waals surface area contributed by atoms with E-state index in [1.807, 2.05) is 24.0 Å². The summed E-state index contributed by atoms with van der Waals surface area (Å²) in [5.41, 5.74) is 0.773. The van der Waals surface area contributed by atoms with E-state index in [1.165, 1.54) is 16.6 Å². The molecule has 1 saturated heterocycles. The second kappa shape index (κ2) is 10.6. The fourth-order valence-electron chi connectivity index (χ4n) is 3.84. The van der Waals surface area contributed by atoms with E-state index in [0.29, 0.717) is 44.0 Å². The molecule has 9 heteroatoms. The monoisotopic (exact) mass is 449 g/mol. The maximum absolute atomic E-state index is 13.5. The summed E-state index contributed by atoms with van der Waals surface area (Å²) >= 11 is 0. The standard InChI is InChI=1S/C24H27N5O4/c1-4-10-26-22(30)18(14-25)13-19-21(27-20-16(3)8-6-12-29(20)23(19)31)28-11-7-9-17(15-28)24(32)33-5-2/h4,6,8,12-13,17H,1,5,7,9-11,15H2,2-3H3,(H,26,30). The maximum atomic E-state index is 13.5. The number of hydrogen-bond donors (Lipinski definition) is 1. The van der Waals surface area contributed by atoms with Gasteiger partial charge in [0.15, 0.2) is 0 Å². The maximum Gasteiger partial charge on any atom is 0.310 e. The summed E-state index contributed by atoms with van der Waals surface area (Å²) in [7, 11) is 0. The van der Waals surface area contributed by atoms with E-state index in [0.717, 1.165) is 5.56 Å². The Kier molecular flexibility index (Phi) is 7.61. The van der Waals surface area contributed by atoms with E-state index in [9.17, 15) is 19.6 Å². The van der Waals surface area contributed by atoms with Crippen LogP contribution in [0, 0.1) is 24.2 Å². The normalized spacial score (nSPS) is 16.2. The molecule has 3 heterocycles. The van der Waals surface area contributed by atoms with Crippen molar-refractivity contribution in [3.63, 3.8) is 0 Å². The van der Waals surface area contributed by atoms with E-state index in [1.54, 1.807) is 19.2 Å². The van der Waals surface area contributed by atoms with E-state index < -0.39 is 11.5 Å². The summed E-state index contributed by atoms with van der Waals surface area (Å²) in [5, 5.41) is 12.1. The van der Waals surface area contributed by atoms with Crippen molar-refractivity contribution >= 4 is 29.4 Å². The molecule has 0 aliphatic carbocycles. The van der Waals surface area contributed by atoms with Gasteiger partial charge < -0.3 is 15.0 Å². The first-order valence-corrected chi connectivity index (χ1v) is 10.9. The zero-order chi connectivity index (χ0) is 24.0. The minimum absolute atomic E-state index is 0.118. The zero-order valence-corrected chi connectivity index (χ0v) is 18.8. The van der Waals surface area contributed by atoms with Crippen LogP contribution in [0.1, 0.15) is 30.9 Å². The first-order valence-electron chi connectivity index (χ1n) is 10.9. The number of ether oxygens (including phenoxy) is 1. The number of nitriles is 1. The van der Waals surface area contributed by atoms with Gasteiger partial charge in [0.25, 0.3) is 11.5 Å². The lowest BCUT2D eigenvalue weighted by Gasteiger charge is -2.33.